The van der Waals surface area contributed by atoms with E-state index in [1.165, 1.54) is 0 Å². The van der Waals surface area contributed by atoms with E-state index in [-0.39, 0.29) is 28.5 Å². The third-order valence-corrected chi connectivity index (χ3v) is 5.76. The lowest BCUT2D eigenvalue weighted by atomic mass is 9.83. The number of nitro groups is 1. The summed E-state index contributed by atoms with van der Waals surface area (Å²) >= 11 is 0. The number of likely N-dealkylation sites (N-methyl/N-ethyl adjacent to an activating group) is 1. The van der Waals surface area contributed by atoms with Gasteiger partial charge in [-0.25, -0.2) is 0 Å². The van der Waals surface area contributed by atoms with Crippen LogP contribution in [-0.2, 0) is 17.8 Å². The van der Waals surface area contributed by atoms with Gasteiger partial charge in [0.25, 0.3) is 5.69 Å². The van der Waals surface area contributed by atoms with Crippen LogP contribution in [-0.4, -0.2) is 48.5 Å². The number of fused-ring (bicyclic) bond motifs is 3. The average Bonchev–Trinajstić information content (AvgIpc) is 2.71. The van der Waals surface area contributed by atoms with Gasteiger partial charge in [0.15, 0.2) is 0 Å². The monoisotopic (exact) mass is 380 g/mol. The molecule has 1 fully saturated rings. The zero-order valence-corrected chi connectivity index (χ0v) is 15.9. The number of nitrogens with one attached hydrogen (secondary N) is 1. The number of carbonyl (C=O) groups excluding carboxylic acids is 1. The predicted molar refractivity (Wildman–Crippen MR) is 107 cm³/mol. The third-order valence-electron chi connectivity index (χ3n) is 5.76. The molecule has 28 heavy (non-hydrogen) atoms. The second-order valence-corrected chi connectivity index (χ2v) is 7.61. The maximum Gasteiger partial charge on any atom is 0.269 e. The van der Waals surface area contributed by atoms with Crippen LogP contribution in [0.25, 0.3) is 0 Å². The number of nitrogens with zero attached hydrogens (tertiary/aromatic N) is 3. The van der Waals surface area contributed by atoms with E-state index in [9.17, 15) is 14.9 Å². The lowest BCUT2D eigenvalue weighted by Gasteiger charge is -2.48. The number of nitro benzene ring substituents is 1. The fourth-order valence-corrected chi connectivity index (χ4v) is 4.28. The predicted octanol–water partition coefficient (Wildman–Crippen LogP) is 2.20. The zero-order valence-electron chi connectivity index (χ0n) is 15.9. The molecular weight excluding hydrogens is 356 g/mol. The highest BCUT2D eigenvalue weighted by Gasteiger charge is 2.41. The summed E-state index contributed by atoms with van der Waals surface area (Å²) in [5, 5.41) is 14.3. The fraction of sp³-hybridized carbons (Fsp3) is 0.381. The minimum Gasteiger partial charge on any atom is -0.365 e. The highest BCUT2D eigenvalue weighted by atomic mass is 16.6. The lowest BCUT2D eigenvalue weighted by molar-refractivity contribution is -0.384. The summed E-state index contributed by atoms with van der Waals surface area (Å²) in [4.78, 5) is 28.4. The molecular formula is C21H24N4O3. The smallest absolute Gasteiger partial charge is 0.269 e. The van der Waals surface area contributed by atoms with Crippen LogP contribution in [0.15, 0.2) is 48.5 Å². The van der Waals surface area contributed by atoms with E-state index >= 15 is 0 Å². The Labute approximate surface area is 164 Å². The van der Waals surface area contributed by atoms with Gasteiger partial charge in [0.2, 0.25) is 5.91 Å². The minimum atomic E-state index is -0.374. The molecule has 2 heterocycles. The van der Waals surface area contributed by atoms with E-state index < -0.39 is 0 Å². The molecule has 0 aliphatic carbocycles. The third kappa shape index (κ3) is 3.57. The molecule has 4 rings (SSSR count). The molecule has 1 saturated heterocycles. The fourth-order valence-electron chi connectivity index (χ4n) is 4.28. The van der Waals surface area contributed by atoms with Crippen LogP contribution in [0.4, 0.5) is 11.4 Å². The van der Waals surface area contributed by atoms with Crippen LogP contribution < -0.4 is 10.2 Å². The Morgan fingerprint density at radius 3 is 2.75 bits per heavy atom. The normalized spacial score (nSPS) is 21.5. The summed E-state index contributed by atoms with van der Waals surface area (Å²) in [5.74, 6) is -0.229. The SMILES string of the molecule is CN1CCN2c3ccc([N+](=O)[O-])cc3CC(C(=O)NCc3ccccc3)C2C1. The standard InChI is InChI=1S/C21H24N4O3/c1-23-9-10-24-19-8-7-17(25(27)28)11-16(19)12-18(20(24)14-23)21(26)22-13-15-5-3-2-4-6-15/h2-8,11,18,20H,9-10,12-14H2,1H3,(H,22,26). The molecule has 2 atom stereocenters. The summed E-state index contributed by atoms with van der Waals surface area (Å²) < 4.78 is 0. The molecule has 2 unspecified atom stereocenters. The van der Waals surface area contributed by atoms with Gasteiger partial charge in [-0.2, -0.15) is 0 Å². The zero-order chi connectivity index (χ0) is 19.7. The highest BCUT2D eigenvalue weighted by Crippen LogP contribution is 2.37. The van der Waals surface area contributed by atoms with Crippen molar-refractivity contribution in [1.29, 1.82) is 0 Å². The van der Waals surface area contributed by atoms with E-state index in [2.05, 4.69) is 22.2 Å². The molecule has 0 radical (unpaired) electrons. The van der Waals surface area contributed by atoms with Gasteiger partial charge in [-0.3, -0.25) is 14.9 Å². The molecule has 0 spiro atoms. The van der Waals surface area contributed by atoms with Gasteiger partial charge in [0.1, 0.15) is 0 Å². The van der Waals surface area contributed by atoms with E-state index in [1.54, 1.807) is 12.1 Å². The summed E-state index contributed by atoms with van der Waals surface area (Å²) in [6, 6.07) is 14.9. The van der Waals surface area contributed by atoms with Gasteiger partial charge >= 0.3 is 0 Å². The summed E-state index contributed by atoms with van der Waals surface area (Å²) in [6.07, 6.45) is 0.520. The van der Waals surface area contributed by atoms with Crippen LogP contribution in [0.3, 0.4) is 0 Å². The van der Waals surface area contributed by atoms with Gasteiger partial charge in [-0.15, -0.1) is 0 Å². The Kier molecular flexibility index (Phi) is 5.00. The van der Waals surface area contributed by atoms with Gasteiger partial charge in [-0.1, -0.05) is 30.3 Å². The van der Waals surface area contributed by atoms with Crippen LogP contribution in [0, 0.1) is 16.0 Å². The highest BCUT2D eigenvalue weighted by molar-refractivity contribution is 5.82. The van der Waals surface area contributed by atoms with Gasteiger partial charge in [0, 0.05) is 44.0 Å². The Morgan fingerprint density at radius 1 is 1.21 bits per heavy atom. The Balaban J connectivity index is 1.59. The van der Waals surface area contributed by atoms with Crippen molar-refractivity contribution in [2.45, 2.75) is 19.0 Å². The quantitative estimate of drug-likeness (QED) is 0.650. The van der Waals surface area contributed by atoms with Crippen molar-refractivity contribution < 1.29 is 9.72 Å². The van der Waals surface area contributed by atoms with Crippen molar-refractivity contribution in [2.24, 2.45) is 5.92 Å². The lowest BCUT2D eigenvalue weighted by Crippen LogP contribution is -2.60. The Hall–Kier alpha value is -2.93. The number of carbonyl (C=O) groups is 1. The van der Waals surface area contributed by atoms with E-state index in [0.29, 0.717) is 13.0 Å². The van der Waals surface area contributed by atoms with Gasteiger partial charge in [0.05, 0.1) is 16.9 Å². The first-order valence-electron chi connectivity index (χ1n) is 9.57. The van der Waals surface area contributed by atoms with Crippen molar-refractivity contribution in [3.05, 3.63) is 69.8 Å². The first kappa shape index (κ1) is 18.4. The molecule has 1 amide bonds. The van der Waals surface area contributed by atoms with Gasteiger partial charge < -0.3 is 15.1 Å². The number of piperazine rings is 1. The topological polar surface area (TPSA) is 78.7 Å². The number of benzene rings is 2. The van der Waals surface area contributed by atoms with Crippen molar-refractivity contribution in [2.75, 3.05) is 31.6 Å². The number of anilines is 1. The molecule has 0 aromatic heterocycles. The molecule has 0 saturated carbocycles. The molecule has 7 heteroatoms. The molecule has 2 aliphatic rings. The first-order valence-corrected chi connectivity index (χ1v) is 9.57. The summed E-state index contributed by atoms with van der Waals surface area (Å²) in [6.45, 7) is 3.01. The van der Waals surface area contributed by atoms with Crippen LogP contribution in [0.2, 0.25) is 0 Å². The summed E-state index contributed by atoms with van der Waals surface area (Å²) in [7, 11) is 2.07. The molecule has 1 N–H and O–H groups in total. The number of non-ortho nitro benzene ring substituents is 1. The van der Waals surface area contributed by atoms with Crippen molar-refractivity contribution in [3.8, 4) is 0 Å². The van der Waals surface area contributed by atoms with E-state index in [4.69, 9.17) is 0 Å². The van der Waals surface area contributed by atoms with Crippen LogP contribution in [0.5, 0.6) is 0 Å². The van der Waals surface area contributed by atoms with E-state index in [1.807, 2.05) is 36.4 Å². The first-order chi connectivity index (χ1) is 13.5. The van der Waals surface area contributed by atoms with Crippen molar-refractivity contribution in [3.63, 3.8) is 0 Å². The Bertz CT molecular complexity index is 886. The summed E-state index contributed by atoms with van der Waals surface area (Å²) in [5.41, 5.74) is 3.04. The number of hydrogen-bond donors (Lipinski definition) is 1. The van der Waals surface area contributed by atoms with Crippen molar-refractivity contribution in [1.82, 2.24) is 10.2 Å². The molecule has 7 nitrogen and oxygen atoms in total. The molecule has 2 aromatic carbocycles. The Morgan fingerprint density at radius 2 is 2.00 bits per heavy atom. The maximum absolute atomic E-state index is 13.1. The average molecular weight is 380 g/mol. The molecule has 146 valence electrons. The number of rotatable bonds is 4. The van der Waals surface area contributed by atoms with Crippen LogP contribution in [0.1, 0.15) is 11.1 Å². The minimum absolute atomic E-state index is 0.00584. The van der Waals surface area contributed by atoms with E-state index in [0.717, 1.165) is 36.4 Å². The number of hydrogen-bond acceptors (Lipinski definition) is 5. The second kappa shape index (κ2) is 7.59. The molecule has 2 aliphatic heterocycles. The largest absolute Gasteiger partial charge is 0.365 e. The van der Waals surface area contributed by atoms with Crippen molar-refractivity contribution >= 4 is 17.3 Å². The van der Waals surface area contributed by atoms with Crippen LogP contribution >= 0.6 is 0 Å². The molecule has 0 bridgehead atoms. The molecule has 2 aromatic rings. The number of amides is 1. The second-order valence-electron chi connectivity index (χ2n) is 7.61. The maximum atomic E-state index is 13.1. The van der Waals surface area contributed by atoms with Gasteiger partial charge in [-0.05, 0) is 30.7 Å².